The molecule has 1 aliphatic carbocycles. The van der Waals surface area contributed by atoms with Crippen molar-refractivity contribution in [3.8, 4) is 0 Å². The molecule has 3 aliphatic rings. The van der Waals surface area contributed by atoms with Gasteiger partial charge in [0.1, 0.15) is 5.01 Å². The number of ether oxygens (including phenoxy) is 1. The lowest BCUT2D eigenvalue weighted by atomic mass is 10.1. The maximum absolute atomic E-state index is 6.09. The Bertz CT molecular complexity index is 434. The zero-order chi connectivity index (χ0) is 13.4. The van der Waals surface area contributed by atoms with Crippen LogP contribution in [0.4, 0.5) is 0 Å². The monoisotopic (exact) mass is 293 g/mol. The van der Waals surface area contributed by atoms with E-state index in [4.69, 9.17) is 4.74 Å². The normalized spacial score (nSPS) is 31.6. The Hall–Kier alpha value is -0.490. The summed E-state index contributed by atoms with van der Waals surface area (Å²) in [5.41, 5.74) is 0. The number of rotatable bonds is 5. The first-order valence-electron chi connectivity index (χ1n) is 7.83. The molecule has 0 radical (unpaired) electrons. The van der Waals surface area contributed by atoms with E-state index in [0.717, 1.165) is 25.6 Å². The minimum atomic E-state index is 0.486. The number of nitrogens with zero attached hydrogens (tertiary/aromatic N) is 3. The van der Waals surface area contributed by atoms with Crippen molar-refractivity contribution in [3.05, 3.63) is 16.6 Å². The second-order valence-corrected chi connectivity index (χ2v) is 7.42. The van der Waals surface area contributed by atoms with Crippen LogP contribution in [0.5, 0.6) is 0 Å². The first-order chi connectivity index (χ1) is 9.87. The van der Waals surface area contributed by atoms with Gasteiger partial charge in [0, 0.05) is 50.4 Å². The lowest BCUT2D eigenvalue weighted by Crippen LogP contribution is -2.49. The van der Waals surface area contributed by atoms with Gasteiger partial charge < -0.3 is 4.74 Å². The van der Waals surface area contributed by atoms with Gasteiger partial charge in [0.15, 0.2) is 0 Å². The van der Waals surface area contributed by atoms with Crippen LogP contribution in [0.25, 0.3) is 0 Å². The molecule has 2 saturated heterocycles. The van der Waals surface area contributed by atoms with E-state index in [0.29, 0.717) is 12.1 Å². The Kier molecular flexibility index (Phi) is 3.77. The molecular weight excluding hydrogens is 270 g/mol. The highest BCUT2D eigenvalue weighted by molar-refractivity contribution is 7.09. The summed E-state index contributed by atoms with van der Waals surface area (Å²) >= 11 is 1.77. The smallest absolute Gasteiger partial charge is 0.107 e. The molecule has 0 N–H and O–H groups in total. The molecule has 0 aromatic carbocycles. The largest absolute Gasteiger partial charge is 0.377 e. The molecule has 4 rings (SSSR count). The fraction of sp³-hybridized carbons (Fsp3) is 0.800. The third kappa shape index (κ3) is 3.06. The van der Waals surface area contributed by atoms with Crippen molar-refractivity contribution in [1.29, 1.82) is 0 Å². The van der Waals surface area contributed by atoms with E-state index < -0.39 is 0 Å². The highest BCUT2D eigenvalue weighted by Gasteiger charge is 2.37. The molecule has 2 atom stereocenters. The number of piperazine rings is 1. The number of hydrogen-bond donors (Lipinski definition) is 0. The van der Waals surface area contributed by atoms with Crippen molar-refractivity contribution in [2.75, 3.05) is 32.8 Å². The maximum atomic E-state index is 6.09. The van der Waals surface area contributed by atoms with Gasteiger partial charge in [-0.25, -0.2) is 4.98 Å². The lowest BCUT2D eigenvalue weighted by molar-refractivity contribution is 0.0508. The molecule has 1 aromatic rings. The topological polar surface area (TPSA) is 28.6 Å². The minimum absolute atomic E-state index is 0.486. The van der Waals surface area contributed by atoms with E-state index in [1.54, 1.807) is 11.3 Å². The molecule has 0 amide bonds. The van der Waals surface area contributed by atoms with Crippen molar-refractivity contribution in [1.82, 2.24) is 14.8 Å². The SMILES string of the molecule is c1csc(CN2CCN3CC(OCC4CC4)CC3C2)n1. The van der Waals surface area contributed by atoms with Crippen LogP contribution < -0.4 is 0 Å². The molecule has 0 bridgehead atoms. The van der Waals surface area contributed by atoms with Crippen LogP contribution >= 0.6 is 11.3 Å². The molecule has 2 aliphatic heterocycles. The van der Waals surface area contributed by atoms with Gasteiger partial charge >= 0.3 is 0 Å². The summed E-state index contributed by atoms with van der Waals surface area (Å²) in [6, 6.07) is 0.702. The Labute approximate surface area is 124 Å². The van der Waals surface area contributed by atoms with E-state index >= 15 is 0 Å². The molecule has 3 heterocycles. The lowest BCUT2D eigenvalue weighted by Gasteiger charge is -2.36. The van der Waals surface area contributed by atoms with Gasteiger partial charge in [-0.05, 0) is 25.2 Å². The van der Waals surface area contributed by atoms with Gasteiger partial charge in [-0.3, -0.25) is 9.80 Å². The van der Waals surface area contributed by atoms with Gasteiger partial charge in [-0.15, -0.1) is 11.3 Å². The molecule has 2 unspecified atom stereocenters. The summed E-state index contributed by atoms with van der Waals surface area (Å²) in [5, 5.41) is 3.32. The fourth-order valence-electron chi connectivity index (χ4n) is 3.40. The van der Waals surface area contributed by atoms with E-state index in [9.17, 15) is 0 Å². The first-order valence-corrected chi connectivity index (χ1v) is 8.71. The molecule has 3 fully saturated rings. The molecule has 1 aromatic heterocycles. The van der Waals surface area contributed by atoms with Crippen LogP contribution in [0.1, 0.15) is 24.3 Å². The standard InChI is InChI=1S/C15H23N3OS/c1-2-12(1)11-19-14-7-13-8-17(4-5-18(13)9-14)10-15-16-3-6-20-15/h3,6,12-14H,1-2,4-5,7-11H2. The van der Waals surface area contributed by atoms with Gasteiger partial charge in [-0.1, -0.05) is 0 Å². The second kappa shape index (κ2) is 5.72. The van der Waals surface area contributed by atoms with Gasteiger partial charge in [-0.2, -0.15) is 0 Å². The molecular formula is C15H23N3OS. The summed E-state index contributed by atoms with van der Waals surface area (Å²) in [5.74, 6) is 0.883. The number of aromatic nitrogens is 1. The quantitative estimate of drug-likeness (QED) is 0.828. The summed E-state index contributed by atoms with van der Waals surface area (Å²) in [6.45, 7) is 6.74. The highest BCUT2D eigenvalue weighted by Crippen LogP contribution is 2.31. The van der Waals surface area contributed by atoms with Gasteiger partial charge in [0.05, 0.1) is 12.6 Å². The van der Waals surface area contributed by atoms with Crippen molar-refractivity contribution in [2.45, 2.75) is 38.0 Å². The maximum Gasteiger partial charge on any atom is 0.107 e. The highest BCUT2D eigenvalue weighted by atomic mass is 32.1. The Morgan fingerprint density at radius 3 is 3.05 bits per heavy atom. The summed E-state index contributed by atoms with van der Waals surface area (Å²) in [7, 11) is 0. The van der Waals surface area contributed by atoms with Crippen molar-refractivity contribution in [3.63, 3.8) is 0 Å². The van der Waals surface area contributed by atoms with Crippen LogP contribution in [0.2, 0.25) is 0 Å². The van der Waals surface area contributed by atoms with Gasteiger partial charge in [0.25, 0.3) is 0 Å². The van der Waals surface area contributed by atoms with Crippen LogP contribution in [-0.4, -0.2) is 59.7 Å². The molecule has 110 valence electrons. The van der Waals surface area contributed by atoms with Crippen molar-refractivity contribution in [2.24, 2.45) is 5.92 Å². The van der Waals surface area contributed by atoms with Crippen LogP contribution in [0, 0.1) is 5.92 Å². The van der Waals surface area contributed by atoms with E-state index in [1.807, 2.05) is 6.20 Å². The molecule has 20 heavy (non-hydrogen) atoms. The molecule has 5 heteroatoms. The zero-order valence-electron chi connectivity index (χ0n) is 11.9. The summed E-state index contributed by atoms with van der Waals surface area (Å²) in [6.07, 6.45) is 6.40. The Balaban J connectivity index is 1.28. The summed E-state index contributed by atoms with van der Waals surface area (Å²) < 4.78 is 6.09. The number of fused-ring (bicyclic) bond motifs is 1. The third-order valence-electron chi connectivity index (χ3n) is 4.77. The second-order valence-electron chi connectivity index (χ2n) is 6.44. The predicted molar refractivity (Wildman–Crippen MR) is 79.8 cm³/mol. The minimum Gasteiger partial charge on any atom is -0.377 e. The third-order valence-corrected chi connectivity index (χ3v) is 5.53. The summed E-state index contributed by atoms with van der Waals surface area (Å²) in [4.78, 5) is 9.60. The van der Waals surface area contributed by atoms with Crippen LogP contribution in [0.3, 0.4) is 0 Å². The van der Waals surface area contributed by atoms with Crippen molar-refractivity contribution < 1.29 is 4.74 Å². The van der Waals surface area contributed by atoms with Gasteiger partial charge in [0.2, 0.25) is 0 Å². The molecule has 4 nitrogen and oxygen atoms in total. The zero-order valence-corrected chi connectivity index (χ0v) is 12.7. The van der Waals surface area contributed by atoms with E-state index in [1.165, 1.54) is 43.9 Å². The van der Waals surface area contributed by atoms with Crippen LogP contribution in [0.15, 0.2) is 11.6 Å². The average molecular weight is 293 g/mol. The average Bonchev–Trinajstić information content (AvgIpc) is 2.97. The Morgan fingerprint density at radius 1 is 1.30 bits per heavy atom. The Morgan fingerprint density at radius 2 is 2.25 bits per heavy atom. The number of hydrogen-bond acceptors (Lipinski definition) is 5. The van der Waals surface area contributed by atoms with Crippen molar-refractivity contribution >= 4 is 11.3 Å². The predicted octanol–water partition coefficient (Wildman–Crippen LogP) is 1.83. The van der Waals surface area contributed by atoms with Crippen LogP contribution in [-0.2, 0) is 11.3 Å². The molecule has 1 saturated carbocycles. The fourth-order valence-corrected chi connectivity index (χ4v) is 4.06. The van der Waals surface area contributed by atoms with E-state index in [-0.39, 0.29) is 0 Å². The first kappa shape index (κ1) is 13.2. The molecule has 0 spiro atoms. The van der Waals surface area contributed by atoms with E-state index in [2.05, 4.69) is 20.2 Å². The number of thiazole rings is 1.